The molecule has 1 aliphatic carbocycles. The Morgan fingerprint density at radius 2 is 2.17 bits per heavy atom. The van der Waals surface area contributed by atoms with E-state index < -0.39 is 5.60 Å². The summed E-state index contributed by atoms with van der Waals surface area (Å²) in [7, 11) is 0. The third-order valence-corrected chi connectivity index (χ3v) is 4.37. The lowest BCUT2D eigenvalue weighted by Crippen LogP contribution is -2.24. The van der Waals surface area contributed by atoms with E-state index in [-0.39, 0.29) is 12.0 Å². The number of nitrogens with zero attached hydrogens (tertiary/aromatic N) is 2. The molecule has 1 aliphatic rings. The third-order valence-electron chi connectivity index (χ3n) is 4.37. The minimum atomic E-state index is -0.571. The maximum atomic E-state index is 12.7. The lowest BCUT2D eigenvalue weighted by atomic mass is 10.1. The number of hydrogen-bond acceptors (Lipinski definition) is 4. The first-order chi connectivity index (χ1) is 11.3. The minimum absolute atomic E-state index is 0.286. The fourth-order valence-electron chi connectivity index (χ4n) is 3.17. The maximum Gasteiger partial charge on any atom is 0.341 e. The van der Waals surface area contributed by atoms with E-state index in [0.29, 0.717) is 17.1 Å². The zero-order valence-electron chi connectivity index (χ0n) is 14.7. The Morgan fingerprint density at radius 1 is 1.46 bits per heavy atom. The highest BCUT2D eigenvalue weighted by atomic mass is 16.6. The molecule has 1 fully saturated rings. The van der Waals surface area contributed by atoms with Gasteiger partial charge in [-0.1, -0.05) is 12.8 Å². The van der Waals surface area contributed by atoms with Crippen molar-refractivity contribution in [2.75, 3.05) is 0 Å². The van der Waals surface area contributed by atoms with Gasteiger partial charge in [0.25, 0.3) is 0 Å². The summed E-state index contributed by atoms with van der Waals surface area (Å²) < 4.78 is 7.47. The lowest BCUT2D eigenvalue weighted by molar-refractivity contribution is -0.110. The first kappa shape index (κ1) is 16.7. The van der Waals surface area contributed by atoms with E-state index in [2.05, 4.69) is 4.98 Å². The van der Waals surface area contributed by atoms with Crippen molar-refractivity contribution in [1.29, 1.82) is 0 Å². The van der Waals surface area contributed by atoms with E-state index in [9.17, 15) is 9.59 Å². The van der Waals surface area contributed by atoms with Crippen molar-refractivity contribution in [2.45, 2.75) is 58.6 Å². The Bertz CT molecular complexity index is 782. The molecule has 1 unspecified atom stereocenters. The molecule has 5 heteroatoms. The Kier molecular flexibility index (Phi) is 4.20. The molecule has 2 aromatic heterocycles. The molecule has 0 amide bonds. The van der Waals surface area contributed by atoms with E-state index >= 15 is 0 Å². The van der Waals surface area contributed by atoms with Crippen molar-refractivity contribution in [2.24, 2.45) is 5.92 Å². The van der Waals surface area contributed by atoms with Crippen LogP contribution in [-0.2, 0) is 9.53 Å². The van der Waals surface area contributed by atoms with Crippen molar-refractivity contribution in [1.82, 2.24) is 9.55 Å². The highest BCUT2D eigenvalue weighted by Gasteiger charge is 2.31. The summed E-state index contributed by atoms with van der Waals surface area (Å²) in [5, 5.41) is 0.742. The van der Waals surface area contributed by atoms with Gasteiger partial charge in [0.2, 0.25) is 0 Å². The monoisotopic (exact) mass is 328 g/mol. The zero-order valence-corrected chi connectivity index (χ0v) is 14.7. The van der Waals surface area contributed by atoms with E-state index in [1.54, 1.807) is 12.3 Å². The summed E-state index contributed by atoms with van der Waals surface area (Å²) >= 11 is 0. The van der Waals surface area contributed by atoms with Crippen LogP contribution < -0.4 is 0 Å². The summed E-state index contributed by atoms with van der Waals surface area (Å²) in [5.74, 6) is 0.235. The molecule has 0 N–H and O–H groups in total. The fraction of sp³-hybridized carbons (Fsp3) is 0.526. The van der Waals surface area contributed by atoms with Crippen LogP contribution in [0, 0.1) is 12.8 Å². The molecule has 128 valence electrons. The lowest BCUT2D eigenvalue weighted by Gasteiger charge is -2.20. The molecule has 0 aromatic carbocycles. The van der Waals surface area contributed by atoms with Gasteiger partial charge in [-0.3, -0.25) is 0 Å². The number of fused-ring (bicyclic) bond motifs is 1. The van der Waals surface area contributed by atoms with Gasteiger partial charge in [-0.15, -0.1) is 0 Å². The van der Waals surface area contributed by atoms with Crippen molar-refractivity contribution in [3.05, 3.63) is 29.6 Å². The van der Waals surface area contributed by atoms with E-state index in [4.69, 9.17) is 4.74 Å². The molecule has 3 rings (SSSR count). The average Bonchev–Trinajstić information content (AvgIpc) is 3.25. The predicted molar refractivity (Wildman–Crippen MR) is 92.1 cm³/mol. The number of ether oxygens (including phenoxy) is 1. The second kappa shape index (κ2) is 6.04. The van der Waals surface area contributed by atoms with E-state index in [1.807, 2.05) is 38.3 Å². The van der Waals surface area contributed by atoms with Gasteiger partial charge >= 0.3 is 5.97 Å². The molecule has 0 radical (unpaired) electrons. The maximum absolute atomic E-state index is 12.7. The van der Waals surface area contributed by atoms with Crippen molar-refractivity contribution < 1.29 is 14.3 Å². The molecule has 0 bridgehead atoms. The molecule has 2 heterocycles. The smallest absolute Gasteiger partial charge is 0.341 e. The normalized spacial score (nSPS) is 16.2. The van der Waals surface area contributed by atoms with Crippen LogP contribution in [0.1, 0.15) is 62.1 Å². The first-order valence-electron chi connectivity index (χ1n) is 8.46. The quantitative estimate of drug-likeness (QED) is 0.618. The third kappa shape index (κ3) is 3.21. The Balaban J connectivity index is 2.11. The van der Waals surface area contributed by atoms with Gasteiger partial charge in [-0.25, -0.2) is 9.78 Å². The van der Waals surface area contributed by atoms with Gasteiger partial charge in [-0.2, -0.15) is 0 Å². The van der Waals surface area contributed by atoms with Crippen molar-refractivity contribution >= 4 is 23.3 Å². The van der Waals surface area contributed by atoms with Crippen LogP contribution in [0.3, 0.4) is 0 Å². The molecular formula is C19H24N2O3. The number of aromatic nitrogens is 2. The summed E-state index contributed by atoms with van der Waals surface area (Å²) in [6.45, 7) is 7.40. The number of carbonyl (C=O) groups is 2. The second-order valence-corrected chi connectivity index (χ2v) is 7.59. The Labute approximate surface area is 142 Å². The molecule has 5 nitrogen and oxygen atoms in total. The predicted octanol–water partition coefficient (Wildman–Crippen LogP) is 3.84. The standard InChI is InChI=1S/C19H24N2O3/c1-12-16(18(23)24-19(2,3)4)15-6-5-9-20-17(15)21(12)14(11-22)10-13-7-8-13/h5-6,9,11,13-14H,7-8,10H2,1-4H3. The first-order valence-corrected chi connectivity index (χ1v) is 8.46. The zero-order chi connectivity index (χ0) is 17.5. The molecule has 0 spiro atoms. The second-order valence-electron chi connectivity index (χ2n) is 7.59. The van der Waals surface area contributed by atoms with Crippen molar-refractivity contribution in [3.63, 3.8) is 0 Å². The molecule has 0 saturated heterocycles. The van der Waals surface area contributed by atoms with Crippen LogP contribution >= 0.6 is 0 Å². The number of aldehydes is 1. The largest absolute Gasteiger partial charge is 0.456 e. The van der Waals surface area contributed by atoms with Crippen LogP contribution in [0.25, 0.3) is 11.0 Å². The van der Waals surface area contributed by atoms with Gasteiger partial charge in [0.15, 0.2) is 0 Å². The molecule has 1 saturated carbocycles. The average molecular weight is 328 g/mol. The van der Waals surface area contributed by atoms with Gasteiger partial charge in [0, 0.05) is 17.3 Å². The molecule has 0 aliphatic heterocycles. The summed E-state index contributed by atoms with van der Waals surface area (Å²) in [5.41, 5.74) is 1.36. The highest BCUT2D eigenvalue weighted by molar-refractivity contribution is 6.05. The summed E-state index contributed by atoms with van der Waals surface area (Å²) in [6.07, 6.45) is 5.82. The van der Waals surface area contributed by atoms with Crippen LogP contribution in [0.2, 0.25) is 0 Å². The van der Waals surface area contributed by atoms with Crippen LogP contribution in [0.15, 0.2) is 18.3 Å². The molecule has 1 atom stereocenters. The molecule has 2 aromatic rings. The minimum Gasteiger partial charge on any atom is -0.456 e. The van der Waals surface area contributed by atoms with Crippen LogP contribution in [-0.4, -0.2) is 27.4 Å². The SMILES string of the molecule is Cc1c(C(=O)OC(C)(C)C)c2cccnc2n1C(C=O)CC1CC1. The number of hydrogen-bond donors (Lipinski definition) is 0. The topological polar surface area (TPSA) is 61.2 Å². The van der Waals surface area contributed by atoms with E-state index in [1.165, 1.54) is 12.8 Å². The van der Waals surface area contributed by atoms with Gasteiger partial charge in [-0.05, 0) is 52.2 Å². The Morgan fingerprint density at radius 3 is 2.75 bits per heavy atom. The summed E-state index contributed by atoms with van der Waals surface area (Å²) in [4.78, 5) is 28.8. The van der Waals surface area contributed by atoms with Gasteiger partial charge < -0.3 is 14.1 Å². The van der Waals surface area contributed by atoms with E-state index in [0.717, 1.165) is 23.8 Å². The number of esters is 1. The van der Waals surface area contributed by atoms with Gasteiger partial charge in [0.1, 0.15) is 17.5 Å². The number of carbonyl (C=O) groups excluding carboxylic acids is 2. The van der Waals surface area contributed by atoms with Crippen LogP contribution in [0.5, 0.6) is 0 Å². The molecule has 24 heavy (non-hydrogen) atoms. The molecular weight excluding hydrogens is 304 g/mol. The number of rotatable bonds is 5. The van der Waals surface area contributed by atoms with Gasteiger partial charge in [0.05, 0.1) is 11.6 Å². The number of pyridine rings is 1. The Hall–Kier alpha value is -2.17. The summed E-state index contributed by atoms with van der Waals surface area (Å²) in [6, 6.07) is 3.38. The fourth-order valence-corrected chi connectivity index (χ4v) is 3.17. The van der Waals surface area contributed by atoms with Crippen molar-refractivity contribution in [3.8, 4) is 0 Å². The van der Waals surface area contributed by atoms with Crippen LogP contribution in [0.4, 0.5) is 0 Å². The highest BCUT2D eigenvalue weighted by Crippen LogP contribution is 2.38.